The molecule has 0 unspecified atom stereocenters. The van der Waals surface area contributed by atoms with E-state index in [4.69, 9.17) is 0 Å². The molecule has 0 saturated heterocycles. The molecule has 2 rings (SSSR count). The van der Waals surface area contributed by atoms with E-state index >= 15 is 0 Å². The van der Waals surface area contributed by atoms with Crippen molar-refractivity contribution in [2.24, 2.45) is 5.41 Å². The largest absolute Gasteiger partial charge is 0.435 e. The van der Waals surface area contributed by atoms with Crippen LogP contribution in [0.2, 0.25) is 0 Å². The lowest BCUT2D eigenvalue weighted by Gasteiger charge is -2.15. The minimum Gasteiger partial charge on any atom is -0.435 e. The van der Waals surface area contributed by atoms with Crippen LogP contribution in [-0.2, 0) is 6.54 Å². The third kappa shape index (κ3) is 4.46. The summed E-state index contributed by atoms with van der Waals surface area (Å²) in [7, 11) is 0. The summed E-state index contributed by atoms with van der Waals surface area (Å²) in [5, 5.41) is 3.46. The lowest BCUT2D eigenvalue weighted by atomic mass is 10.0. The maximum Gasteiger partial charge on any atom is 0.387 e. The van der Waals surface area contributed by atoms with Crippen molar-refractivity contribution in [3.05, 3.63) is 29.8 Å². The van der Waals surface area contributed by atoms with E-state index in [0.717, 1.165) is 18.7 Å². The lowest BCUT2D eigenvalue weighted by molar-refractivity contribution is -0.0498. The van der Waals surface area contributed by atoms with Crippen molar-refractivity contribution < 1.29 is 13.5 Å². The Morgan fingerprint density at radius 3 is 2.47 bits per heavy atom. The maximum absolute atomic E-state index is 12.0. The summed E-state index contributed by atoms with van der Waals surface area (Å²) < 4.78 is 28.3. The van der Waals surface area contributed by atoms with Crippen LogP contribution < -0.4 is 10.1 Å². The van der Waals surface area contributed by atoms with Gasteiger partial charge in [-0.15, -0.1) is 0 Å². The number of nitrogens with one attached hydrogen (secondary N) is 1. The second kappa shape index (κ2) is 6.33. The molecule has 1 fully saturated rings. The van der Waals surface area contributed by atoms with E-state index in [0.29, 0.717) is 5.41 Å². The average molecular weight is 269 g/mol. The summed E-state index contributed by atoms with van der Waals surface area (Å²) in [5.41, 5.74) is 1.63. The van der Waals surface area contributed by atoms with Gasteiger partial charge in [0, 0.05) is 13.1 Å². The molecule has 0 aromatic heterocycles. The fourth-order valence-corrected chi connectivity index (χ4v) is 2.48. The minimum atomic E-state index is -2.76. The maximum atomic E-state index is 12.0. The Balaban J connectivity index is 1.74. The topological polar surface area (TPSA) is 21.3 Å². The summed E-state index contributed by atoms with van der Waals surface area (Å²) in [5.74, 6) is 0.211. The third-order valence-corrected chi connectivity index (χ3v) is 3.72. The highest BCUT2D eigenvalue weighted by molar-refractivity contribution is 5.27. The van der Waals surface area contributed by atoms with Gasteiger partial charge in [-0.25, -0.2) is 0 Å². The first-order valence-electron chi connectivity index (χ1n) is 6.88. The number of halogens is 2. The predicted molar refractivity (Wildman–Crippen MR) is 71.4 cm³/mol. The Hall–Kier alpha value is -1.16. The summed E-state index contributed by atoms with van der Waals surface area (Å²) in [6.07, 6.45) is 5.19. The second-order valence-corrected chi connectivity index (χ2v) is 5.38. The van der Waals surface area contributed by atoms with Gasteiger partial charge >= 0.3 is 6.61 Å². The molecule has 1 aliphatic carbocycles. The zero-order valence-corrected chi connectivity index (χ0v) is 11.3. The van der Waals surface area contributed by atoms with Crippen molar-refractivity contribution in [2.75, 3.05) is 6.54 Å². The average Bonchev–Trinajstić information content (AvgIpc) is 3.11. The highest BCUT2D eigenvalue weighted by Crippen LogP contribution is 2.48. The van der Waals surface area contributed by atoms with Crippen molar-refractivity contribution >= 4 is 0 Å². The van der Waals surface area contributed by atoms with Gasteiger partial charge < -0.3 is 10.1 Å². The van der Waals surface area contributed by atoms with Crippen LogP contribution in [0.5, 0.6) is 5.75 Å². The van der Waals surface area contributed by atoms with Crippen LogP contribution in [0, 0.1) is 5.41 Å². The van der Waals surface area contributed by atoms with Gasteiger partial charge in [-0.1, -0.05) is 25.5 Å². The van der Waals surface area contributed by atoms with Gasteiger partial charge in [0.2, 0.25) is 0 Å². The van der Waals surface area contributed by atoms with E-state index < -0.39 is 6.61 Å². The smallest absolute Gasteiger partial charge is 0.387 e. The Morgan fingerprint density at radius 2 is 1.95 bits per heavy atom. The molecule has 1 aromatic carbocycles. The van der Waals surface area contributed by atoms with Crippen LogP contribution in [0.4, 0.5) is 8.78 Å². The van der Waals surface area contributed by atoms with E-state index in [1.54, 1.807) is 12.1 Å². The molecule has 0 bridgehead atoms. The van der Waals surface area contributed by atoms with Crippen molar-refractivity contribution in [1.82, 2.24) is 5.32 Å². The van der Waals surface area contributed by atoms with E-state index in [1.165, 1.54) is 25.7 Å². The molecule has 0 aliphatic heterocycles. The first kappa shape index (κ1) is 14.3. The van der Waals surface area contributed by atoms with E-state index in [9.17, 15) is 8.78 Å². The quantitative estimate of drug-likeness (QED) is 0.771. The van der Waals surface area contributed by atoms with E-state index in [1.807, 2.05) is 12.1 Å². The number of benzene rings is 1. The zero-order valence-electron chi connectivity index (χ0n) is 11.3. The Labute approximate surface area is 113 Å². The zero-order chi connectivity index (χ0) is 13.7. The lowest BCUT2D eigenvalue weighted by Crippen LogP contribution is -2.23. The van der Waals surface area contributed by atoms with Gasteiger partial charge in [0.1, 0.15) is 5.75 Å². The van der Waals surface area contributed by atoms with Gasteiger partial charge in [0.15, 0.2) is 0 Å². The van der Waals surface area contributed by atoms with Gasteiger partial charge in [-0.2, -0.15) is 8.78 Å². The van der Waals surface area contributed by atoms with E-state index in [2.05, 4.69) is 17.0 Å². The first-order chi connectivity index (χ1) is 9.13. The highest BCUT2D eigenvalue weighted by Gasteiger charge is 2.40. The summed E-state index contributed by atoms with van der Waals surface area (Å²) in [4.78, 5) is 0. The molecule has 0 atom stereocenters. The van der Waals surface area contributed by atoms with Crippen molar-refractivity contribution in [2.45, 2.75) is 45.8 Å². The van der Waals surface area contributed by atoms with Gasteiger partial charge in [-0.3, -0.25) is 0 Å². The van der Waals surface area contributed by atoms with Crippen LogP contribution in [-0.4, -0.2) is 13.2 Å². The van der Waals surface area contributed by atoms with Gasteiger partial charge in [-0.05, 0) is 42.4 Å². The molecule has 0 radical (unpaired) electrons. The summed E-state index contributed by atoms with van der Waals surface area (Å²) in [6, 6.07) is 6.82. The molecule has 106 valence electrons. The highest BCUT2D eigenvalue weighted by atomic mass is 19.3. The monoisotopic (exact) mass is 269 g/mol. The number of rotatable bonds is 8. The molecule has 19 heavy (non-hydrogen) atoms. The van der Waals surface area contributed by atoms with Gasteiger partial charge in [0.25, 0.3) is 0 Å². The van der Waals surface area contributed by atoms with Crippen molar-refractivity contribution in [3.63, 3.8) is 0 Å². The van der Waals surface area contributed by atoms with Crippen molar-refractivity contribution in [3.8, 4) is 5.75 Å². The number of hydrogen-bond acceptors (Lipinski definition) is 2. The fraction of sp³-hybridized carbons (Fsp3) is 0.600. The Kier molecular flexibility index (Phi) is 4.75. The normalized spacial score (nSPS) is 16.6. The Bertz CT molecular complexity index is 388. The SMILES string of the molecule is CCCC1(CNCc2ccc(OC(F)F)cc2)CC1. The van der Waals surface area contributed by atoms with Crippen molar-refractivity contribution in [1.29, 1.82) is 0 Å². The van der Waals surface area contributed by atoms with Crippen LogP contribution >= 0.6 is 0 Å². The van der Waals surface area contributed by atoms with E-state index in [-0.39, 0.29) is 5.75 Å². The molecule has 1 saturated carbocycles. The number of ether oxygens (including phenoxy) is 1. The fourth-order valence-electron chi connectivity index (χ4n) is 2.48. The molecular formula is C15H21F2NO. The number of hydrogen-bond donors (Lipinski definition) is 1. The predicted octanol–water partition coefficient (Wildman–Crippen LogP) is 3.96. The molecule has 1 aliphatic rings. The van der Waals surface area contributed by atoms with Crippen LogP contribution in [0.15, 0.2) is 24.3 Å². The summed E-state index contributed by atoms with van der Waals surface area (Å²) in [6.45, 7) is 1.30. The molecule has 2 nitrogen and oxygen atoms in total. The second-order valence-electron chi connectivity index (χ2n) is 5.38. The van der Waals surface area contributed by atoms with Gasteiger partial charge in [0.05, 0.1) is 0 Å². The molecule has 4 heteroatoms. The Morgan fingerprint density at radius 1 is 1.26 bits per heavy atom. The summed E-state index contributed by atoms with van der Waals surface area (Å²) >= 11 is 0. The molecular weight excluding hydrogens is 248 g/mol. The number of alkyl halides is 2. The minimum absolute atomic E-state index is 0.211. The molecule has 1 N–H and O–H groups in total. The molecule has 0 spiro atoms. The van der Waals surface area contributed by atoms with Crippen LogP contribution in [0.25, 0.3) is 0 Å². The van der Waals surface area contributed by atoms with Crippen LogP contribution in [0.1, 0.15) is 38.2 Å². The standard InChI is InChI=1S/C15H21F2NO/c1-2-7-15(8-9-15)11-18-10-12-3-5-13(6-4-12)19-14(16)17/h3-6,14,18H,2,7-11H2,1H3. The van der Waals surface area contributed by atoms with Crippen LogP contribution in [0.3, 0.4) is 0 Å². The third-order valence-electron chi connectivity index (χ3n) is 3.72. The first-order valence-corrected chi connectivity index (χ1v) is 6.88. The molecule has 0 heterocycles. The molecule has 0 amide bonds. The molecule has 1 aromatic rings.